The lowest BCUT2D eigenvalue weighted by molar-refractivity contribution is -0.382. The number of hydrogen-bond donors (Lipinski definition) is 0. The van der Waals surface area contributed by atoms with E-state index < -0.39 is 43.7 Å². The third-order valence-electron chi connectivity index (χ3n) is 3.32. The second-order valence-electron chi connectivity index (χ2n) is 5.80. The van der Waals surface area contributed by atoms with Crippen LogP contribution in [0.4, 0.5) is 39.5 Å². The van der Waals surface area contributed by atoms with E-state index in [1.54, 1.807) is 6.92 Å². The number of benzene rings is 1. The third-order valence-corrected chi connectivity index (χ3v) is 7.93. The van der Waals surface area contributed by atoms with Gasteiger partial charge in [-0.25, -0.2) is 0 Å². The zero-order chi connectivity index (χ0) is 21.7. The average molecular weight is 453 g/mol. The van der Waals surface area contributed by atoms with Crippen LogP contribution in [0.15, 0.2) is 29.2 Å². The van der Waals surface area contributed by atoms with Crippen molar-refractivity contribution in [2.75, 3.05) is 12.5 Å². The van der Waals surface area contributed by atoms with E-state index in [2.05, 4.69) is 3.63 Å². The SMILES string of the molecule is Cc1ccc(S(C)(C)[OH+]S(=O)(=O)C(F)(F)C(F)(F)C(F)(F)C(F)(F)F)cc1. The number of rotatable bonds is 6. The Balaban J connectivity index is 3.38. The van der Waals surface area contributed by atoms with E-state index in [4.69, 9.17) is 0 Å². The van der Waals surface area contributed by atoms with Crippen molar-refractivity contribution in [1.82, 2.24) is 0 Å². The van der Waals surface area contributed by atoms with E-state index in [1.807, 2.05) is 0 Å². The zero-order valence-electron chi connectivity index (χ0n) is 13.8. The molecule has 27 heavy (non-hydrogen) atoms. The van der Waals surface area contributed by atoms with Gasteiger partial charge in [0.2, 0.25) is 0 Å². The van der Waals surface area contributed by atoms with Crippen LogP contribution >= 0.6 is 10.3 Å². The Hall–Kier alpha value is -1.15. The van der Waals surface area contributed by atoms with Crippen LogP contribution in [-0.2, 0) is 10.1 Å². The lowest BCUT2D eigenvalue weighted by Gasteiger charge is -2.33. The highest BCUT2D eigenvalue weighted by Gasteiger charge is 2.87. The van der Waals surface area contributed by atoms with Crippen molar-refractivity contribution >= 4 is 20.4 Å². The summed E-state index contributed by atoms with van der Waals surface area (Å²) in [6.45, 7) is 1.62. The van der Waals surface area contributed by atoms with Crippen molar-refractivity contribution in [2.24, 2.45) is 0 Å². The highest BCUT2D eigenvalue weighted by Crippen LogP contribution is 2.57. The van der Waals surface area contributed by atoms with Crippen LogP contribution in [0.1, 0.15) is 5.56 Å². The van der Waals surface area contributed by atoms with Crippen LogP contribution < -0.4 is 0 Å². The number of hydrogen-bond acceptors (Lipinski definition) is 2. The summed E-state index contributed by atoms with van der Waals surface area (Å²) in [5, 5.41) is -6.81. The van der Waals surface area contributed by atoms with Gasteiger partial charge in [0, 0.05) is 22.8 Å². The normalized spacial score (nSPS) is 15.7. The van der Waals surface area contributed by atoms with Gasteiger partial charge in [-0.2, -0.15) is 39.5 Å². The number of halogens is 9. The summed E-state index contributed by atoms with van der Waals surface area (Å²) in [6, 6.07) is 5.31. The largest absolute Gasteiger partial charge is 0.486 e. The first-order chi connectivity index (χ1) is 11.7. The van der Waals surface area contributed by atoms with Gasteiger partial charge in [-0.1, -0.05) is 17.7 Å². The Bertz CT molecular complexity index is 784. The maximum absolute atomic E-state index is 13.7. The molecule has 0 aliphatic rings. The first kappa shape index (κ1) is 23.9. The smallest absolute Gasteiger partial charge is 0.265 e. The summed E-state index contributed by atoms with van der Waals surface area (Å²) < 4.78 is 142. The first-order valence-electron chi connectivity index (χ1n) is 6.70. The van der Waals surface area contributed by atoms with Gasteiger partial charge in [0.25, 0.3) is 0 Å². The zero-order valence-corrected chi connectivity index (χ0v) is 15.4. The number of aryl methyl sites for hydroxylation is 1. The molecule has 0 heterocycles. The van der Waals surface area contributed by atoms with Gasteiger partial charge in [-0.15, -0.1) is 8.42 Å². The molecule has 0 saturated carbocycles. The topological polar surface area (TPSA) is 46.9 Å². The van der Waals surface area contributed by atoms with Gasteiger partial charge in [0.05, 0.1) is 4.90 Å². The molecule has 1 aromatic carbocycles. The van der Waals surface area contributed by atoms with Crippen molar-refractivity contribution in [3.63, 3.8) is 0 Å². The van der Waals surface area contributed by atoms with Gasteiger partial charge in [0.1, 0.15) is 0 Å². The highest BCUT2D eigenvalue weighted by molar-refractivity contribution is 8.31. The second kappa shape index (κ2) is 6.72. The van der Waals surface area contributed by atoms with E-state index in [1.165, 1.54) is 24.3 Å². The van der Waals surface area contributed by atoms with Crippen LogP contribution in [0.3, 0.4) is 0 Å². The van der Waals surface area contributed by atoms with Gasteiger partial charge in [0.15, 0.2) is 0 Å². The molecule has 0 unspecified atom stereocenters. The molecule has 0 aromatic heterocycles. The molecule has 0 bridgehead atoms. The lowest BCUT2D eigenvalue weighted by Crippen LogP contribution is -2.63. The molecular formula is C13H14F9O3S2+. The number of alkyl halides is 9. The minimum absolute atomic E-state index is 0.00151. The molecule has 1 N–H and O–H groups in total. The van der Waals surface area contributed by atoms with Crippen molar-refractivity contribution in [3.05, 3.63) is 29.8 Å². The molecule has 0 amide bonds. The Kier molecular flexibility index (Phi) is 5.95. The van der Waals surface area contributed by atoms with Crippen molar-refractivity contribution in [3.8, 4) is 0 Å². The molecule has 0 fully saturated rings. The van der Waals surface area contributed by atoms with Gasteiger partial charge in [-0.05, 0) is 19.1 Å². The van der Waals surface area contributed by atoms with Crippen molar-refractivity contribution in [1.29, 1.82) is 0 Å². The maximum atomic E-state index is 13.7. The van der Waals surface area contributed by atoms with Crippen LogP contribution in [0.2, 0.25) is 0 Å². The van der Waals surface area contributed by atoms with Crippen molar-refractivity contribution in [2.45, 2.75) is 35.1 Å². The predicted molar refractivity (Wildman–Crippen MR) is 81.3 cm³/mol. The van der Waals surface area contributed by atoms with Gasteiger partial charge in [-0.3, -0.25) is 3.63 Å². The summed E-state index contributed by atoms with van der Waals surface area (Å²) in [7, 11) is -9.94. The summed E-state index contributed by atoms with van der Waals surface area (Å²) in [5.41, 5.74) is 0.665. The quantitative estimate of drug-likeness (QED) is 0.339. The molecule has 0 saturated heterocycles. The van der Waals surface area contributed by atoms with Crippen LogP contribution in [0.5, 0.6) is 0 Å². The predicted octanol–water partition coefficient (Wildman–Crippen LogP) is 5.18. The van der Waals surface area contributed by atoms with E-state index in [0.717, 1.165) is 12.5 Å². The standard InChI is InChI=1S/C13H13F9O3S2/c1-8-4-6-9(7-5-8)26(2,3)25-27(23,24)13(21,22)11(16,17)10(14,15)12(18,19)20/h4-7H,1-3H3/p+1. The molecule has 0 atom stereocenters. The van der Waals surface area contributed by atoms with Gasteiger partial charge >= 0.3 is 33.4 Å². The molecule has 0 aliphatic heterocycles. The Morgan fingerprint density at radius 2 is 1.19 bits per heavy atom. The maximum Gasteiger partial charge on any atom is 0.486 e. The molecule has 1 aromatic rings. The third kappa shape index (κ3) is 4.01. The lowest BCUT2D eigenvalue weighted by atomic mass is 10.1. The summed E-state index contributed by atoms with van der Waals surface area (Å²) in [4.78, 5) is -0.00151. The molecule has 14 heteroatoms. The molecule has 158 valence electrons. The van der Waals surface area contributed by atoms with Crippen LogP contribution in [0.25, 0.3) is 0 Å². The summed E-state index contributed by atoms with van der Waals surface area (Å²) in [5.74, 6) is -14.6. The molecule has 0 radical (unpaired) electrons. The van der Waals surface area contributed by atoms with Crippen molar-refractivity contribution < 1.29 is 51.6 Å². The Labute approximate surface area is 150 Å². The monoisotopic (exact) mass is 453 g/mol. The Morgan fingerprint density at radius 1 is 0.778 bits per heavy atom. The van der Waals surface area contributed by atoms with Crippen LogP contribution in [0, 0.1) is 6.92 Å². The molecule has 3 nitrogen and oxygen atoms in total. The summed E-state index contributed by atoms with van der Waals surface area (Å²) in [6.07, 6.45) is -5.19. The van der Waals surface area contributed by atoms with Gasteiger partial charge < -0.3 is 0 Å². The molecule has 1 rings (SSSR count). The fourth-order valence-electron chi connectivity index (χ4n) is 1.73. The summed E-state index contributed by atoms with van der Waals surface area (Å²) >= 11 is 0. The van der Waals surface area contributed by atoms with E-state index in [9.17, 15) is 47.9 Å². The fraction of sp³-hybridized carbons (Fsp3) is 0.538. The molecular weight excluding hydrogens is 439 g/mol. The minimum atomic E-state index is -7.31. The highest BCUT2D eigenvalue weighted by atomic mass is 32.3. The van der Waals surface area contributed by atoms with E-state index in [-0.39, 0.29) is 4.90 Å². The Morgan fingerprint density at radius 3 is 1.56 bits per heavy atom. The minimum Gasteiger partial charge on any atom is -0.265 e. The second-order valence-corrected chi connectivity index (χ2v) is 10.9. The van der Waals surface area contributed by atoms with E-state index >= 15 is 0 Å². The average Bonchev–Trinajstić information content (AvgIpc) is 2.44. The van der Waals surface area contributed by atoms with E-state index in [0.29, 0.717) is 5.56 Å². The first-order valence-corrected chi connectivity index (χ1v) is 10.5. The molecule has 0 spiro atoms. The molecule has 0 aliphatic carbocycles. The van der Waals surface area contributed by atoms with Crippen LogP contribution in [-0.4, -0.2) is 47.8 Å². The fourth-order valence-corrected chi connectivity index (χ4v) is 5.66.